The van der Waals surface area contributed by atoms with Crippen LogP contribution < -0.4 is 0 Å². The van der Waals surface area contributed by atoms with E-state index in [4.69, 9.17) is 4.74 Å². The van der Waals surface area contributed by atoms with E-state index in [0.29, 0.717) is 17.8 Å². The lowest BCUT2D eigenvalue weighted by molar-refractivity contribution is -0.0696. The van der Waals surface area contributed by atoms with Gasteiger partial charge in [-0.05, 0) is 49.9 Å². The van der Waals surface area contributed by atoms with Gasteiger partial charge in [-0.25, -0.2) is 0 Å². The third-order valence-electron chi connectivity index (χ3n) is 6.15. The van der Waals surface area contributed by atoms with Gasteiger partial charge in [0.05, 0.1) is 12.2 Å². The van der Waals surface area contributed by atoms with Gasteiger partial charge in [0.1, 0.15) is 11.2 Å². The van der Waals surface area contributed by atoms with E-state index >= 15 is 0 Å². The maximum absolute atomic E-state index is 10.3. The number of epoxide rings is 1. The van der Waals surface area contributed by atoms with Crippen LogP contribution in [-0.2, 0) is 4.74 Å². The third-order valence-corrected chi connectivity index (χ3v) is 6.15. The molecule has 1 heterocycles. The van der Waals surface area contributed by atoms with E-state index in [2.05, 4.69) is 27.7 Å². The highest BCUT2D eigenvalue weighted by molar-refractivity contribution is 5.27. The number of hydrogen-bond acceptors (Lipinski definition) is 3. The van der Waals surface area contributed by atoms with Crippen molar-refractivity contribution in [1.29, 1.82) is 0 Å². The van der Waals surface area contributed by atoms with Gasteiger partial charge in [-0.3, -0.25) is 0 Å². The minimum absolute atomic E-state index is 0.169. The van der Waals surface area contributed by atoms with Gasteiger partial charge in [-0.2, -0.15) is 0 Å². The van der Waals surface area contributed by atoms with Gasteiger partial charge in [-0.1, -0.05) is 20.8 Å². The third kappa shape index (κ3) is 1.31. The summed E-state index contributed by atoms with van der Waals surface area (Å²) in [7, 11) is 0. The minimum Gasteiger partial charge on any atom is -0.393 e. The van der Waals surface area contributed by atoms with Crippen LogP contribution in [0.15, 0.2) is 0 Å². The van der Waals surface area contributed by atoms with E-state index in [9.17, 15) is 10.2 Å². The molecule has 0 bridgehead atoms. The largest absolute Gasteiger partial charge is 0.393 e. The molecule has 0 aromatic carbocycles. The molecule has 3 rings (SSSR count). The maximum Gasteiger partial charge on any atom is 0.121 e. The highest BCUT2D eigenvalue weighted by Gasteiger charge is 2.80. The van der Waals surface area contributed by atoms with Gasteiger partial charge in [0.15, 0.2) is 0 Å². The highest BCUT2D eigenvalue weighted by atomic mass is 16.6. The van der Waals surface area contributed by atoms with Crippen molar-refractivity contribution in [1.82, 2.24) is 0 Å². The Morgan fingerprint density at radius 2 is 1.89 bits per heavy atom. The molecule has 3 heteroatoms. The second-order valence-corrected chi connectivity index (χ2v) is 7.21. The first-order valence-electron chi connectivity index (χ1n) is 7.41. The molecule has 18 heavy (non-hydrogen) atoms. The lowest BCUT2D eigenvalue weighted by Crippen LogP contribution is -2.57. The van der Waals surface area contributed by atoms with Crippen LogP contribution in [0, 0.1) is 23.7 Å². The molecule has 3 nitrogen and oxygen atoms in total. The predicted molar refractivity (Wildman–Crippen MR) is 69.1 cm³/mol. The number of rotatable bonds is 1. The Labute approximate surface area is 110 Å². The highest BCUT2D eigenvalue weighted by Crippen LogP contribution is 2.69. The van der Waals surface area contributed by atoms with Crippen LogP contribution >= 0.6 is 0 Å². The summed E-state index contributed by atoms with van der Waals surface area (Å²) in [6.45, 7) is 8.64. The normalized spacial score (nSPS) is 59.2. The van der Waals surface area contributed by atoms with Crippen LogP contribution in [0.5, 0.6) is 0 Å². The summed E-state index contributed by atoms with van der Waals surface area (Å²) in [6, 6.07) is 0. The van der Waals surface area contributed by atoms with Crippen molar-refractivity contribution < 1.29 is 14.9 Å². The molecule has 2 N–H and O–H groups in total. The van der Waals surface area contributed by atoms with Crippen LogP contribution in [0.3, 0.4) is 0 Å². The van der Waals surface area contributed by atoms with E-state index < -0.39 is 0 Å². The smallest absolute Gasteiger partial charge is 0.121 e. The van der Waals surface area contributed by atoms with Crippen molar-refractivity contribution in [2.75, 3.05) is 0 Å². The average molecular weight is 254 g/mol. The number of aliphatic hydroxyl groups excluding tert-OH is 2. The van der Waals surface area contributed by atoms with E-state index in [1.165, 1.54) is 0 Å². The SMILES string of the molecule is CC(C)C1CC(O)C(C)C2CCC(O)C3(C)OC123. The van der Waals surface area contributed by atoms with Crippen LogP contribution in [0.25, 0.3) is 0 Å². The second-order valence-electron chi connectivity index (χ2n) is 7.21. The Morgan fingerprint density at radius 3 is 2.50 bits per heavy atom. The van der Waals surface area contributed by atoms with Crippen LogP contribution in [0.4, 0.5) is 0 Å². The molecular formula is C15H26O3. The molecule has 0 aromatic rings. The van der Waals surface area contributed by atoms with Gasteiger partial charge in [0.25, 0.3) is 0 Å². The number of hydrogen-bond donors (Lipinski definition) is 2. The summed E-state index contributed by atoms with van der Waals surface area (Å²) in [5, 5.41) is 20.6. The fourth-order valence-corrected chi connectivity index (χ4v) is 4.98. The molecular weight excluding hydrogens is 228 g/mol. The molecule has 1 spiro atoms. The van der Waals surface area contributed by atoms with E-state index in [1.807, 2.05) is 0 Å². The van der Waals surface area contributed by atoms with E-state index in [-0.39, 0.29) is 29.3 Å². The summed E-state index contributed by atoms with van der Waals surface area (Å²) >= 11 is 0. The molecule has 1 aliphatic heterocycles. The van der Waals surface area contributed by atoms with Crippen molar-refractivity contribution in [3.8, 4) is 0 Å². The fourth-order valence-electron chi connectivity index (χ4n) is 4.98. The molecule has 104 valence electrons. The molecule has 7 unspecified atom stereocenters. The zero-order valence-corrected chi connectivity index (χ0v) is 11.9. The van der Waals surface area contributed by atoms with Crippen LogP contribution in [0.1, 0.15) is 47.0 Å². The lowest BCUT2D eigenvalue weighted by atomic mass is 9.54. The van der Waals surface area contributed by atoms with E-state index in [0.717, 1.165) is 19.3 Å². The van der Waals surface area contributed by atoms with Gasteiger partial charge in [0, 0.05) is 0 Å². The zero-order valence-electron chi connectivity index (χ0n) is 11.9. The van der Waals surface area contributed by atoms with Gasteiger partial charge in [-0.15, -0.1) is 0 Å². The van der Waals surface area contributed by atoms with Crippen molar-refractivity contribution in [3.05, 3.63) is 0 Å². The number of ether oxygens (including phenoxy) is 1. The lowest BCUT2D eigenvalue weighted by Gasteiger charge is -2.49. The molecule has 0 aromatic heterocycles. The topological polar surface area (TPSA) is 53.0 Å². The molecule has 0 amide bonds. The van der Waals surface area contributed by atoms with Gasteiger partial charge < -0.3 is 14.9 Å². The molecule has 3 fully saturated rings. The second kappa shape index (κ2) is 3.71. The Hall–Kier alpha value is -0.120. The average Bonchev–Trinajstić information content (AvgIpc) is 2.93. The van der Waals surface area contributed by atoms with Crippen molar-refractivity contribution in [3.63, 3.8) is 0 Å². The number of aliphatic hydroxyl groups is 2. The minimum atomic E-state index is -0.362. The predicted octanol–water partition coefficient (Wildman–Crippen LogP) is 1.96. The van der Waals surface area contributed by atoms with Crippen molar-refractivity contribution >= 4 is 0 Å². The maximum atomic E-state index is 10.3. The molecule has 0 radical (unpaired) electrons. The molecule has 2 aliphatic carbocycles. The summed E-state index contributed by atoms with van der Waals surface area (Å²) in [5.41, 5.74) is -0.531. The summed E-state index contributed by atoms with van der Waals surface area (Å²) < 4.78 is 6.20. The fraction of sp³-hybridized carbons (Fsp3) is 1.00. The summed E-state index contributed by atoms with van der Waals surface area (Å²) in [6.07, 6.45) is 2.06. The first kappa shape index (κ1) is 12.9. The summed E-state index contributed by atoms with van der Waals surface area (Å²) in [5.74, 6) is 1.55. The van der Waals surface area contributed by atoms with Crippen molar-refractivity contribution in [2.24, 2.45) is 23.7 Å². The Balaban J connectivity index is 2.00. The molecule has 1 saturated heterocycles. The molecule has 7 atom stereocenters. The first-order valence-corrected chi connectivity index (χ1v) is 7.41. The Bertz CT molecular complexity index is 352. The van der Waals surface area contributed by atoms with Crippen LogP contribution in [-0.4, -0.2) is 33.6 Å². The Morgan fingerprint density at radius 1 is 1.22 bits per heavy atom. The Kier molecular flexibility index (Phi) is 2.66. The quantitative estimate of drug-likeness (QED) is 0.703. The standard InChI is InChI=1S/C15H26O3/c1-8(2)11-7-12(16)9(3)10-5-6-13(17)14(4)15(10,11)18-14/h8-13,16-17H,5-7H2,1-4H3. The summed E-state index contributed by atoms with van der Waals surface area (Å²) in [4.78, 5) is 0. The van der Waals surface area contributed by atoms with E-state index in [1.54, 1.807) is 0 Å². The van der Waals surface area contributed by atoms with Gasteiger partial charge in [0.2, 0.25) is 0 Å². The monoisotopic (exact) mass is 254 g/mol. The zero-order chi connectivity index (χ0) is 13.3. The van der Waals surface area contributed by atoms with Gasteiger partial charge >= 0.3 is 0 Å². The first-order chi connectivity index (χ1) is 8.34. The molecule has 3 aliphatic rings. The van der Waals surface area contributed by atoms with Crippen molar-refractivity contribution in [2.45, 2.75) is 70.4 Å². The van der Waals surface area contributed by atoms with Crippen LogP contribution in [0.2, 0.25) is 0 Å². The molecule has 2 saturated carbocycles.